The average Bonchev–Trinajstić information content (AvgIpc) is 3.07. The smallest absolute Gasteiger partial charge is 0.416 e. The fourth-order valence-electron chi connectivity index (χ4n) is 3.29. The largest absolute Gasteiger partial charge is 0.491 e. The van der Waals surface area contributed by atoms with Crippen molar-refractivity contribution in [2.45, 2.75) is 46.0 Å². The van der Waals surface area contributed by atoms with E-state index in [1.54, 1.807) is 27.0 Å². The van der Waals surface area contributed by atoms with E-state index >= 15 is 0 Å². The number of nitrogens with zero attached hydrogens (tertiary/aromatic N) is 2. The van der Waals surface area contributed by atoms with Gasteiger partial charge >= 0.3 is 6.18 Å². The van der Waals surface area contributed by atoms with Crippen LogP contribution in [0.3, 0.4) is 0 Å². The van der Waals surface area contributed by atoms with E-state index < -0.39 is 11.7 Å². The molecule has 1 aromatic rings. The zero-order valence-corrected chi connectivity index (χ0v) is 19.7. The molecular formula is C20H31F3IN3O2. The van der Waals surface area contributed by atoms with E-state index in [2.05, 4.69) is 15.2 Å². The minimum absolute atomic E-state index is 0. The summed E-state index contributed by atoms with van der Waals surface area (Å²) in [5.74, 6) is 1.26. The van der Waals surface area contributed by atoms with Crippen molar-refractivity contribution >= 4 is 29.9 Å². The predicted octanol–water partition coefficient (Wildman–Crippen LogP) is 4.54. The first-order valence-corrected chi connectivity index (χ1v) is 9.63. The summed E-state index contributed by atoms with van der Waals surface area (Å²) in [6.45, 7) is 8.37. The standard InChI is InChI=1S/C20H30F3N3O2.HI/c1-5-24-19(26-9-8-15(12-26)13-27-4)25-11-16-6-7-17(28-14(2)3)10-18(16)20(21,22)23;/h6-7,10,14-15H,5,8-9,11-13H2,1-4H3,(H,24,25);1H. The molecule has 0 aliphatic carbocycles. The lowest BCUT2D eigenvalue weighted by atomic mass is 10.1. The topological polar surface area (TPSA) is 46.1 Å². The van der Waals surface area contributed by atoms with E-state index in [9.17, 15) is 13.2 Å². The van der Waals surface area contributed by atoms with Crippen molar-refractivity contribution in [2.75, 3.05) is 33.4 Å². The maximum Gasteiger partial charge on any atom is 0.416 e. The molecule has 0 aromatic heterocycles. The lowest BCUT2D eigenvalue weighted by Crippen LogP contribution is -2.40. The van der Waals surface area contributed by atoms with Crippen LogP contribution in [0, 0.1) is 5.92 Å². The van der Waals surface area contributed by atoms with Gasteiger partial charge in [-0.05, 0) is 44.9 Å². The Kier molecular flexibility index (Phi) is 10.5. The molecule has 1 aliphatic rings. The summed E-state index contributed by atoms with van der Waals surface area (Å²) >= 11 is 0. The Labute approximate surface area is 188 Å². The number of hydrogen-bond donors (Lipinski definition) is 1. The summed E-state index contributed by atoms with van der Waals surface area (Å²) in [5.41, 5.74) is -0.574. The minimum atomic E-state index is -4.46. The highest BCUT2D eigenvalue weighted by Crippen LogP contribution is 2.35. The van der Waals surface area contributed by atoms with Gasteiger partial charge in [0.2, 0.25) is 0 Å². The number of halogens is 4. The SMILES string of the molecule is CCNC(=NCc1ccc(OC(C)C)cc1C(F)(F)F)N1CCC(COC)C1.I. The van der Waals surface area contributed by atoms with Gasteiger partial charge in [-0.1, -0.05) is 6.07 Å². The van der Waals surface area contributed by atoms with Gasteiger partial charge in [0.25, 0.3) is 0 Å². The number of alkyl halides is 3. The molecule has 1 aliphatic heterocycles. The maximum atomic E-state index is 13.5. The average molecular weight is 529 g/mol. The first kappa shape index (κ1) is 25.8. The van der Waals surface area contributed by atoms with Crippen LogP contribution in [-0.4, -0.2) is 50.3 Å². The zero-order valence-electron chi connectivity index (χ0n) is 17.4. The second-order valence-electron chi connectivity index (χ2n) is 7.21. The van der Waals surface area contributed by atoms with Crippen LogP contribution in [0.25, 0.3) is 0 Å². The number of rotatable bonds is 7. The van der Waals surface area contributed by atoms with Crippen molar-refractivity contribution in [3.63, 3.8) is 0 Å². The number of guanidine groups is 1. The number of ether oxygens (including phenoxy) is 2. The van der Waals surface area contributed by atoms with Crippen molar-refractivity contribution in [2.24, 2.45) is 10.9 Å². The van der Waals surface area contributed by atoms with Crippen LogP contribution in [0.2, 0.25) is 0 Å². The first-order valence-electron chi connectivity index (χ1n) is 9.63. The van der Waals surface area contributed by atoms with Gasteiger partial charge in [-0.15, -0.1) is 24.0 Å². The Balaban J connectivity index is 0.00000420. The van der Waals surface area contributed by atoms with E-state index in [0.29, 0.717) is 25.0 Å². The monoisotopic (exact) mass is 529 g/mol. The summed E-state index contributed by atoms with van der Waals surface area (Å²) in [6.07, 6.45) is -3.68. The van der Waals surface area contributed by atoms with Gasteiger partial charge in [0, 0.05) is 32.7 Å². The molecule has 166 valence electrons. The molecule has 0 radical (unpaired) electrons. The number of methoxy groups -OCH3 is 1. The van der Waals surface area contributed by atoms with Crippen LogP contribution in [0.5, 0.6) is 5.75 Å². The number of hydrogen-bond acceptors (Lipinski definition) is 3. The molecule has 0 saturated carbocycles. The number of likely N-dealkylation sites (tertiary alicyclic amines) is 1. The lowest BCUT2D eigenvalue weighted by molar-refractivity contribution is -0.138. The van der Waals surface area contributed by atoms with Gasteiger partial charge in [-0.25, -0.2) is 4.99 Å². The van der Waals surface area contributed by atoms with E-state index in [-0.39, 0.29) is 47.9 Å². The van der Waals surface area contributed by atoms with E-state index in [1.165, 1.54) is 6.07 Å². The normalized spacial score (nSPS) is 17.4. The van der Waals surface area contributed by atoms with Crippen LogP contribution in [0.4, 0.5) is 13.2 Å². The number of benzene rings is 1. The highest BCUT2D eigenvalue weighted by atomic mass is 127. The predicted molar refractivity (Wildman–Crippen MR) is 119 cm³/mol. The Bertz CT molecular complexity index is 669. The Morgan fingerprint density at radius 2 is 2.07 bits per heavy atom. The van der Waals surface area contributed by atoms with Crippen LogP contribution in [0.1, 0.15) is 38.3 Å². The summed E-state index contributed by atoms with van der Waals surface area (Å²) < 4.78 is 51.2. The van der Waals surface area contributed by atoms with Crippen LogP contribution in [-0.2, 0) is 17.5 Å². The van der Waals surface area contributed by atoms with Gasteiger partial charge in [0.05, 0.1) is 24.8 Å². The third-order valence-corrected chi connectivity index (χ3v) is 4.48. The molecule has 5 nitrogen and oxygen atoms in total. The molecular weight excluding hydrogens is 498 g/mol. The van der Waals surface area contributed by atoms with Gasteiger partial charge in [-0.2, -0.15) is 13.2 Å². The summed E-state index contributed by atoms with van der Waals surface area (Å²) in [4.78, 5) is 6.55. The fourth-order valence-corrected chi connectivity index (χ4v) is 3.29. The quantitative estimate of drug-likeness (QED) is 0.320. The van der Waals surface area contributed by atoms with E-state index in [1.807, 2.05) is 6.92 Å². The molecule has 1 fully saturated rings. The van der Waals surface area contributed by atoms with Crippen LogP contribution in [0.15, 0.2) is 23.2 Å². The molecule has 1 heterocycles. The van der Waals surface area contributed by atoms with Crippen molar-refractivity contribution in [1.29, 1.82) is 0 Å². The van der Waals surface area contributed by atoms with Crippen molar-refractivity contribution in [3.8, 4) is 5.75 Å². The molecule has 1 atom stereocenters. The number of aliphatic imine (C=N–C) groups is 1. The summed E-state index contributed by atoms with van der Waals surface area (Å²) in [7, 11) is 1.67. The molecule has 0 bridgehead atoms. The van der Waals surface area contributed by atoms with Gasteiger partial charge in [0.15, 0.2) is 5.96 Å². The highest BCUT2D eigenvalue weighted by molar-refractivity contribution is 14.0. The molecule has 2 rings (SSSR count). The third-order valence-electron chi connectivity index (χ3n) is 4.48. The minimum Gasteiger partial charge on any atom is -0.491 e. The molecule has 0 amide bonds. The summed E-state index contributed by atoms with van der Waals surface area (Å²) in [5, 5.41) is 3.18. The number of nitrogens with one attached hydrogen (secondary N) is 1. The molecule has 1 N–H and O–H groups in total. The van der Waals surface area contributed by atoms with Crippen molar-refractivity contribution < 1.29 is 22.6 Å². The van der Waals surface area contributed by atoms with E-state index in [0.717, 1.165) is 25.6 Å². The Morgan fingerprint density at radius 1 is 1.34 bits per heavy atom. The second kappa shape index (κ2) is 11.8. The fraction of sp³-hybridized carbons (Fsp3) is 0.650. The Morgan fingerprint density at radius 3 is 2.66 bits per heavy atom. The summed E-state index contributed by atoms with van der Waals surface area (Å²) in [6, 6.07) is 4.07. The van der Waals surface area contributed by atoms with E-state index in [4.69, 9.17) is 9.47 Å². The molecule has 1 saturated heterocycles. The highest BCUT2D eigenvalue weighted by Gasteiger charge is 2.34. The molecule has 1 unspecified atom stereocenters. The Hall–Kier alpha value is -1.23. The molecule has 1 aromatic carbocycles. The van der Waals surface area contributed by atoms with Gasteiger partial charge in [0.1, 0.15) is 5.75 Å². The van der Waals surface area contributed by atoms with Crippen molar-refractivity contribution in [3.05, 3.63) is 29.3 Å². The first-order chi connectivity index (χ1) is 13.2. The second-order valence-corrected chi connectivity index (χ2v) is 7.21. The zero-order chi connectivity index (χ0) is 20.7. The molecule has 9 heteroatoms. The molecule has 0 spiro atoms. The van der Waals surface area contributed by atoms with Gasteiger partial charge in [-0.3, -0.25) is 0 Å². The third kappa shape index (κ3) is 7.84. The van der Waals surface area contributed by atoms with Gasteiger partial charge < -0.3 is 19.7 Å². The van der Waals surface area contributed by atoms with Crippen LogP contribution >= 0.6 is 24.0 Å². The maximum absolute atomic E-state index is 13.5. The van der Waals surface area contributed by atoms with Crippen LogP contribution < -0.4 is 10.1 Å². The molecule has 29 heavy (non-hydrogen) atoms. The lowest BCUT2D eigenvalue weighted by Gasteiger charge is -2.22. The van der Waals surface area contributed by atoms with Crippen molar-refractivity contribution in [1.82, 2.24) is 10.2 Å².